The van der Waals surface area contributed by atoms with E-state index in [2.05, 4.69) is 5.32 Å². The predicted molar refractivity (Wildman–Crippen MR) is 72.3 cm³/mol. The zero-order chi connectivity index (χ0) is 14.0. The number of pyridine rings is 1. The van der Waals surface area contributed by atoms with Gasteiger partial charge in [0, 0.05) is 25.8 Å². The van der Waals surface area contributed by atoms with E-state index in [-0.39, 0.29) is 24.2 Å². The number of hydrogen-bond donors (Lipinski definition) is 2. The van der Waals surface area contributed by atoms with Gasteiger partial charge >= 0.3 is 6.03 Å². The van der Waals surface area contributed by atoms with Crippen molar-refractivity contribution in [3.63, 3.8) is 0 Å². The van der Waals surface area contributed by atoms with Gasteiger partial charge < -0.3 is 19.9 Å². The molecule has 1 fully saturated rings. The minimum absolute atomic E-state index is 0.0737. The maximum Gasteiger partial charge on any atom is 0.322 e. The van der Waals surface area contributed by atoms with Crippen LogP contribution in [0.3, 0.4) is 0 Å². The van der Waals surface area contributed by atoms with Crippen LogP contribution >= 0.6 is 0 Å². The summed E-state index contributed by atoms with van der Waals surface area (Å²) in [6.07, 6.45) is 3.58. The summed E-state index contributed by atoms with van der Waals surface area (Å²) in [6, 6.07) is 1.66. The molecule has 0 atom stereocenters. The summed E-state index contributed by atoms with van der Waals surface area (Å²) >= 11 is 0. The molecule has 0 spiro atoms. The molecule has 2 amide bonds. The fraction of sp³-hybridized carbons (Fsp3) is 0.538. The van der Waals surface area contributed by atoms with Crippen molar-refractivity contribution in [3.05, 3.63) is 28.2 Å². The van der Waals surface area contributed by atoms with Gasteiger partial charge in [0.1, 0.15) is 5.69 Å². The number of carbonyl (C=O) groups is 1. The number of anilines is 1. The fourth-order valence-corrected chi connectivity index (χ4v) is 1.99. The smallest absolute Gasteiger partial charge is 0.322 e. The number of carbonyl (C=O) groups excluding carboxylic acids is 1. The average molecular weight is 265 g/mol. The lowest BCUT2D eigenvalue weighted by molar-refractivity contribution is 0.185. The first-order chi connectivity index (χ1) is 9.04. The molecule has 0 unspecified atom stereocenters. The minimum atomic E-state index is -0.317. The number of nitrogens with one attached hydrogen (secondary N) is 1. The molecule has 1 aliphatic rings. The van der Waals surface area contributed by atoms with Crippen LogP contribution in [0.1, 0.15) is 18.4 Å². The molecule has 0 aliphatic heterocycles. The Hall–Kier alpha value is -1.82. The van der Waals surface area contributed by atoms with E-state index in [0.29, 0.717) is 12.2 Å². The van der Waals surface area contributed by atoms with Crippen LogP contribution in [0.15, 0.2) is 17.1 Å². The molecule has 2 rings (SSSR count). The first-order valence-electron chi connectivity index (χ1n) is 6.39. The highest BCUT2D eigenvalue weighted by Crippen LogP contribution is 2.27. The maximum absolute atomic E-state index is 12.2. The summed E-state index contributed by atoms with van der Waals surface area (Å²) in [5.74, 6) is 0. The molecule has 0 bridgehead atoms. The summed E-state index contributed by atoms with van der Waals surface area (Å²) in [6.45, 7) is 2.00. The van der Waals surface area contributed by atoms with Gasteiger partial charge in [-0.25, -0.2) is 4.79 Å². The summed E-state index contributed by atoms with van der Waals surface area (Å²) in [7, 11) is 1.64. The van der Waals surface area contributed by atoms with Crippen molar-refractivity contribution in [1.29, 1.82) is 0 Å². The van der Waals surface area contributed by atoms with Crippen molar-refractivity contribution in [3.8, 4) is 0 Å². The fourth-order valence-electron chi connectivity index (χ4n) is 1.99. The van der Waals surface area contributed by atoms with Gasteiger partial charge in [0.25, 0.3) is 5.56 Å². The van der Waals surface area contributed by atoms with Crippen LogP contribution in [0.2, 0.25) is 0 Å². The van der Waals surface area contributed by atoms with E-state index in [1.54, 1.807) is 31.1 Å². The summed E-state index contributed by atoms with van der Waals surface area (Å²) in [5.41, 5.74) is 0.808. The molecule has 6 nitrogen and oxygen atoms in total. The van der Waals surface area contributed by atoms with Gasteiger partial charge in [-0.1, -0.05) is 0 Å². The Bertz CT molecular complexity index is 534. The zero-order valence-corrected chi connectivity index (χ0v) is 11.2. The van der Waals surface area contributed by atoms with Crippen molar-refractivity contribution in [2.75, 3.05) is 18.5 Å². The topological polar surface area (TPSA) is 74.6 Å². The number of aromatic nitrogens is 1. The second kappa shape index (κ2) is 5.44. The number of aryl methyl sites for hydroxylation is 2. The highest BCUT2D eigenvalue weighted by molar-refractivity contribution is 5.90. The van der Waals surface area contributed by atoms with E-state index in [1.807, 2.05) is 0 Å². The molecule has 2 N–H and O–H groups in total. The molecular weight excluding hydrogens is 246 g/mol. The Kier molecular flexibility index (Phi) is 3.90. The van der Waals surface area contributed by atoms with E-state index in [4.69, 9.17) is 5.11 Å². The first kappa shape index (κ1) is 13.6. The van der Waals surface area contributed by atoms with Gasteiger partial charge in [0.2, 0.25) is 0 Å². The molecule has 0 radical (unpaired) electrons. The number of urea groups is 1. The molecule has 1 saturated carbocycles. The third kappa shape index (κ3) is 2.96. The average Bonchev–Trinajstić information content (AvgIpc) is 3.20. The zero-order valence-electron chi connectivity index (χ0n) is 11.2. The molecule has 1 aromatic heterocycles. The lowest BCUT2D eigenvalue weighted by Gasteiger charge is -2.22. The number of rotatable bonds is 4. The van der Waals surface area contributed by atoms with E-state index in [0.717, 1.165) is 18.4 Å². The van der Waals surface area contributed by atoms with Crippen LogP contribution in [-0.4, -0.2) is 39.8 Å². The van der Waals surface area contributed by atoms with E-state index < -0.39 is 0 Å². The first-order valence-corrected chi connectivity index (χ1v) is 6.39. The minimum Gasteiger partial charge on any atom is -0.395 e. The highest BCUT2D eigenvalue weighted by atomic mass is 16.3. The maximum atomic E-state index is 12.2. The third-order valence-corrected chi connectivity index (χ3v) is 3.30. The number of aliphatic hydroxyl groups excluding tert-OH is 1. The van der Waals surface area contributed by atoms with Crippen LogP contribution in [0.4, 0.5) is 10.5 Å². The quantitative estimate of drug-likeness (QED) is 0.840. The number of nitrogens with zero attached hydrogens (tertiary/aromatic N) is 2. The standard InChI is InChI=1S/C13H19N3O3/c1-9-5-6-15(2)12(18)11(9)14-13(19)16(7-8-17)10-3-4-10/h5-6,10,17H,3-4,7-8H2,1-2H3,(H,14,19). The second-order valence-electron chi connectivity index (χ2n) is 4.87. The van der Waals surface area contributed by atoms with Crippen molar-refractivity contribution in [2.24, 2.45) is 7.05 Å². The lowest BCUT2D eigenvalue weighted by Crippen LogP contribution is -2.40. The van der Waals surface area contributed by atoms with Crippen LogP contribution in [0.5, 0.6) is 0 Å². The molecule has 6 heteroatoms. The Labute approximate surface area is 111 Å². The molecule has 1 aromatic rings. The molecular formula is C13H19N3O3. The largest absolute Gasteiger partial charge is 0.395 e. The number of hydrogen-bond acceptors (Lipinski definition) is 3. The van der Waals surface area contributed by atoms with Gasteiger partial charge in [-0.3, -0.25) is 4.79 Å². The van der Waals surface area contributed by atoms with Crippen molar-refractivity contribution < 1.29 is 9.90 Å². The van der Waals surface area contributed by atoms with Crippen molar-refractivity contribution >= 4 is 11.7 Å². The normalized spacial score (nSPS) is 14.3. The lowest BCUT2D eigenvalue weighted by atomic mass is 10.2. The molecule has 1 aliphatic carbocycles. The highest BCUT2D eigenvalue weighted by Gasteiger charge is 2.32. The molecule has 19 heavy (non-hydrogen) atoms. The summed E-state index contributed by atoms with van der Waals surface area (Å²) in [4.78, 5) is 25.7. The second-order valence-corrected chi connectivity index (χ2v) is 4.87. The Morgan fingerprint density at radius 1 is 1.58 bits per heavy atom. The Balaban J connectivity index is 2.18. The molecule has 1 heterocycles. The third-order valence-electron chi connectivity index (χ3n) is 3.30. The van der Waals surface area contributed by atoms with E-state index >= 15 is 0 Å². The summed E-state index contributed by atoms with van der Waals surface area (Å²) in [5, 5.41) is 11.7. The van der Waals surface area contributed by atoms with Crippen LogP contribution in [0.25, 0.3) is 0 Å². The van der Waals surface area contributed by atoms with Crippen molar-refractivity contribution in [1.82, 2.24) is 9.47 Å². The van der Waals surface area contributed by atoms with E-state index in [1.165, 1.54) is 4.57 Å². The Morgan fingerprint density at radius 3 is 2.84 bits per heavy atom. The van der Waals surface area contributed by atoms with E-state index in [9.17, 15) is 9.59 Å². The monoisotopic (exact) mass is 265 g/mol. The molecule has 0 aromatic carbocycles. The number of amides is 2. The number of aliphatic hydroxyl groups is 1. The van der Waals surface area contributed by atoms with Crippen LogP contribution < -0.4 is 10.9 Å². The van der Waals surface area contributed by atoms with Gasteiger partial charge in [-0.15, -0.1) is 0 Å². The van der Waals surface area contributed by atoms with Crippen LogP contribution in [0, 0.1) is 6.92 Å². The van der Waals surface area contributed by atoms with Gasteiger partial charge in [-0.05, 0) is 31.4 Å². The van der Waals surface area contributed by atoms with Crippen molar-refractivity contribution in [2.45, 2.75) is 25.8 Å². The van der Waals surface area contributed by atoms with Crippen LogP contribution in [-0.2, 0) is 7.05 Å². The molecule has 0 saturated heterocycles. The Morgan fingerprint density at radius 2 is 2.26 bits per heavy atom. The van der Waals surface area contributed by atoms with Gasteiger partial charge in [0.15, 0.2) is 0 Å². The summed E-state index contributed by atoms with van der Waals surface area (Å²) < 4.78 is 1.43. The van der Waals surface area contributed by atoms with Gasteiger partial charge in [-0.2, -0.15) is 0 Å². The van der Waals surface area contributed by atoms with Gasteiger partial charge in [0.05, 0.1) is 6.61 Å². The predicted octanol–water partition coefficient (Wildman–Crippen LogP) is 0.682. The molecule has 104 valence electrons. The SMILES string of the molecule is Cc1ccn(C)c(=O)c1NC(=O)N(CCO)C1CC1.